The van der Waals surface area contributed by atoms with E-state index in [2.05, 4.69) is 6.92 Å². The highest BCUT2D eigenvalue weighted by Crippen LogP contribution is 2.71. The van der Waals surface area contributed by atoms with E-state index < -0.39 is 22.2 Å². The first-order valence-electron chi connectivity index (χ1n) is 10.4. The molecular weight excluding hydrogens is 344 g/mol. The molecular formula is C22H34O5. The Hall–Kier alpha value is -0.750. The lowest BCUT2D eigenvalue weighted by Gasteiger charge is -2.67. The maximum absolute atomic E-state index is 12.4. The molecule has 5 nitrogen and oxygen atoms in total. The van der Waals surface area contributed by atoms with Gasteiger partial charge in [0.15, 0.2) is 5.78 Å². The number of carbonyl (C=O) groups is 1. The normalized spacial score (nSPS) is 57.3. The van der Waals surface area contributed by atoms with Crippen molar-refractivity contribution in [1.29, 1.82) is 0 Å². The zero-order chi connectivity index (χ0) is 20.0. The fraction of sp³-hybridized carbons (Fsp3) is 0.864. The Balaban J connectivity index is 1.87. The molecule has 0 aromatic carbocycles. The van der Waals surface area contributed by atoms with Gasteiger partial charge in [-0.1, -0.05) is 32.4 Å². The minimum atomic E-state index is -1.62. The first-order valence-corrected chi connectivity index (χ1v) is 10.4. The Morgan fingerprint density at radius 3 is 2.44 bits per heavy atom. The molecule has 0 aromatic heterocycles. The smallest absolute Gasteiger partial charge is 0.161 e. The number of carbonyl (C=O) groups excluding carboxylic acids is 1. The van der Waals surface area contributed by atoms with Gasteiger partial charge < -0.3 is 20.4 Å². The summed E-state index contributed by atoms with van der Waals surface area (Å²) in [6.45, 7) is 7.35. The highest BCUT2D eigenvalue weighted by Gasteiger charge is 2.79. The number of aliphatic hydroxyl groups excluding tert-OH is 1. The topological polar surface area (TPSA) is 98.0 Å². The average Bonchev–Trinajstić information content (AvgIpc) is 2.83. The molecule has 8 atom stereocenters. The third-order valence-electron chi connectivity index (χ3n) is 9.63. The molecule has 0 amide bonds. The van der Waals surface area contributed by atoms with E-state index >= 15 is 0 Å². The molecule has 4 rings (SSSR count). The summed E-state index contributed by atoms with van der Waals surface area (Å²) in [6, 6.07) is 0. The van der Waals surface area contributed by atoms with Crippen LogP contribution in [-0.4, -0.2) is 49.1 Å². The predicted octanol–water partition coefficient (Wildman–Crippen LogP) is 2.11. The molecule has 27 heavy (non-hydrogen) atoms. The summed E-state index contributed by atoms with van der Waals surface area (Å²) in [7, 11) is 0. The van der Waals surface area contributed by atoms with Crippen LogP contribution in [0.5, 0.6) is 0 Å². The molecule has 0 aromatic rings. The largest absolute Gasteiger partial charge is 0.393 e. The SMILES string of the molecule is CC(=O)[C@]1(O)CC[C@@]2(O)[C@]1(C)[C@H](C)CC1[C@@]3(C)CC[C@H](O)CC3=CC[C@]12O. The standard InChI is InChI=1S/C22H34O5/c1-13-11-17-18(3)7-6-16(24)12-15(18)5-8-21(17,26)22(27)10-9-20(25,14(2)23)19(13,22)4/h5,13,16-17,24-27H,6-12H2,1-4H3/t13-,16+,17?,18+,19-,20-,21+,22-/m1/s1. The molecule has 0 spiro atoms. The molecule has 0 bridgehead atoms. The maximum Gasteiger partial charge on any atom is 0.161 e. The van der Waals surface area contributed by atoms with Gasteiger partial charge in [-0.15, -0.1) is 0 Å². The second kappa shape index (κ2) is 5.44. The van der Waals surface area contributed by atoms with E-state index in [9.17, 15) is 25.2 Å². The molecule has 0 radical (unpaired) electrons. The van der Waals surface area contributed by atoms with Gasteiger partial charge in [0.1, 0.15) is 16.8 Å². The quantitative estimate of drug-likeness (QED) is 0.524. The first-order chi connectivity index (χ1) is 12.4. The van der Waals surface area contributed by atoms with E-state index in [4.69, 9.17) is 0 Å². The summed E-state index contributed by atoms with van der Waals surface area (Å²) in [4.78, 5) is 12.4. The van der Waals surface area contributed by atoms with Crippen LogP contribution >= 0.6 is 0 Å². The molecule has 3 fully saturated rings. The lowest BCUT2D eigenvalue weighted by molar-refractivity contribution is -0.301. The van der Waals surface area contributed by atoms with E-state index in [1.807, 2.05) is 13.0 Å². The van der Waals surface area contributed by atoms with Crippen LogP contribution in [0.25, 0.3) is 0 Å². The second-order valence-corrected chi connectivity index (χ2v) is 10.3. The molecule has 3 saturated carbocycles. The minimum Gasteiger partial charge on any atom is -0.393 e. The summed E-state index contributed by atoms with van der Waals surface area (Å²) in [5.74, 6) is -0.596. The Kier molecular flexibility index (Phi) is 3.94. The number of Topliss-reactive ketones (excluding diaryl/α,β-unsaturated/α-hetero) is 1. The van der Waals surface area contributed by atoms with Crippen LogP contribution in [0, 0.1) is 22.7 Å². The second-order valence-electron chi connectivity index (χ2n) is 10.3. The number of aliphatic hydroxyl groups is 4. The molecule has 0 heterocycles. The van der Waals surface area contributed by atoms with E-state index in [1.165, 1.54) is 12.5 Å². The molecule has 4 N–H and O–H groups in total. The van der Waals surface area contributed by atoms with Gasteiger partial charge in [0.2, 0.25) is 0 Å². The van der Waals surface area contributed by atoms with Crippen molar-refractivity contribution in [3.8, 4) is 0 Å². The van der Waals surface area contributed by atoms with Crippen LogP contribution in [-0.2, 0) is 4.79 Å². The first kappa shape index (κ1) is 19.6. The summed E-state index contributed by atoms with van der Waals surface area (Å²) in [6.07, 6.45) is 5.14. The van der Waals surface area contributed by atoms with Gasteiger partial charge in [0.05, 0.1) is 6.10 Å². The van der Waals surface area contributed by atoms with Crippen molar-refractivity contribution < 1.29 is 25.2 Å². The summed E-state index contributed by atoms with van der Waals surface area (Å²) in [5, 5.41) is 45.5. The summed E-state index contributed by atoms with van der Waals surface area (Å²) < 4.78 is 0. The Bertz CT molecular complexity index is 717. The molecule has 4 aliphatic carbocycles. The van der Waals surface area contributed by atoms with Gasteiger partial charge in [-0.25, -0.2) is 0 Å². The van der Waals surface area contributed by atoms with Crippen LogP contribution in [0.3, 0.4) is 0 Å². The Morgan fingerprint density at radius 2 is 1.81 bits per heavy atom. The van der Waals surface area contributed by atoms with Crippen LogP contribution in [0.15, 0.2) is 11.6 Å². The lowest BCUT2D eigenvalue weighted by Crippen LogP contribution is -2.76. The molecule has 152 valence electrons. The Morgan fingerprint density at radius 1 is 1.15 bits per heavy atom. The van der Waals surface area contributed by atoms with Crippen molar-refractivity contribution >= 4 is 5.78 Å². The number of fused-ring (bicyclic) bond motifs is 5. The zero-order valence-corrected chi connectivity index (χ0v) is 17.0. The highest BCUT2D eigenvalue weighted by atomic mass is 16.4. The number of rotatable bonds is 1. The fourth-order valence-corrected chi connectivity index (χ4v) is 7.63. The van der Waals surface area contributed by atoms with E-state index in [1.54, 1.807) is 6.92 Å². The van der Waals surface area contributed by atoms with Crippen molar-refractivity contribution in [2.24, 2.45) is 22.7 Å². The van der Waals surface area contributed by atoms with Crippen LogP contribution < -0.4 is 0 Å². The molecule has 5 heteroatoms. The van der Waals surface area contributed by atoms with Crippen molar-refractivity contribution in [3.05, 3.63) is 11.6 Å². The van der Waals surface area contributed by atoms with E-state index in [0.29, 0.717) is 25.7 Å². The van der Waals surface area contributed by atoms with Crippen molar-refractivity contribution in [2.45, 2.75) is 95.5 Å². The van der Waals surface area contributed by atoms with Gasteiger partial charge in [-0.2, -0.15) is 0 Å². The maximum atomic E-state index is 12.4. The summed E-state index contributed by atoms with van der Waals surface area (Å²) in [5.41, 5.74) is -4.69. The van der Waals surface area contributed by atoms with Crippen LogP contribution in [0.4, 0.5) is 0 Å². The van der Waals surface area contributed by atoms with Gasteiger partial charge >= 0.3 is 0 Å². The minimum absolute atomic E-state index is 0.118. The molecule has 1 unspecified atom stereocenters. The van der Waals surface area contributed by atoms with Crippen molar-refractivity contribution in [3.63, 3.8) is 0 Å². The third-order valence-corrected chi connectivity index (χ3v) is 9.63. The average molecular weight is 379 g/mol. The lowest BCUT2D eigenvalue weighted by atomic mass is 9.41. The van der Waals surface area contributed by atoms with E-state index in [0.717, 1.165) is 6.42 Å². The summed E-state index contributed by atoms with van der Waals surface area (Å²) >= 11 is 0. The third kappa shape index (κ3) is 1.97. The highest BCUT2D eigenvalue weighted by molar-refractivity contribution is 5.86. The van der Waals surface area contributed by atoms with Crippen LogP contribution in [0.1, 0.15) is 72.6 Å². The van der Waals surface area contributed by atoms with Crippen molar-refractivity contribution in [1.82, 2.24) is 0 Å². The fourth-order valence-electron chi connectivity index (χ4n) is 7.63. The number of hydrogen-bond acceptors (Lipinski definition) is 5. The molecule has 4 aliphatic rings. The zero-order valence-electron chi connectivity index (χ0n) is 17.0. The number of ketones is 1. The molecule has 0 aliphatic heterocycles. The predicted molar refractivity (Wildman–Crippen MR) is 101 cm³/mol. The van der Waals surface area contributed by atoms with E-state index in [-0.39, 0.29) is 42.0 Å². The van der Waals surface area contributed by atoms with Gasteiger partial charge in [0, 0.05) is 11.3 Å². The van der Waals surface area contributed by atoms with Crippen LogP contribution in [0.2, 0.25) is 0 Å². The van der Waals surface area contributed by atoms with Crippen molar-refractivity contribution in [2.75, 3.05) is 0 Å². The van der Waals surface area contributed by atoms with Gasteiger partial charge in [-0.3, -0.25) is 4.79 Å². The molecule has 0 saturated heterocycles. The number of hydrogen-bond donors (Lipinski definition) is 4. The Labute approximate surface area is 161 Å². The van der Waals surface area contributed by atoms with Gasteiger partial charge in [0.25, 0.3) is 0 Å². The van der Waals surface area contributed by atoms with Gasteiger partial charge in [-0.05, 0) is 63.2 Å². The monoisotopic (exact) mass is 378 g/mol.